The third-order valence-corrected chi connectivity index (χ3v) is 5.01. The summed E-state index contributed by atoms with van der Waals surface area (Å²) in [5, 5.41) is 17.2. The second-order valence-electron chi connectivity index (χ2n) is 6.10. The summed E-state index contributed by atoms with van der Waals surface area (Å²) < 4.78 is 1.23. The summed E-state index contributed by atoms with van der Waals surface area (Å²) in [5.74, 6) is -0.303. The van der Waals surface area contributed by atoms with Crippen molar-refractivity contribution in [2.24, 2.45) is 0 Å². The second-order valence-corrected chi connectivity index (χ2v) is 7.21. The van der Waals surface area contributed by atoms with Crippen LogP contribution in [0.1, 0.15) is 11.1 Å². The molecule has 0 spiro atoms. The van der Waals surface area contributed by atoms with Crippen LogP contribution in [-0.4, -0.2) is 20.6 Å². The molecule has 0 unspecified atom stereocenters. The summed E-state index contributed by atoms with van der Waals surface area (Å²) in [4.78, 5) is 24.4. The SMILES string of the molecule is Cc1ccc(C)c(Sc2ccc(NC(=O)Cn3cc([N+](=O)[O-])cn3)cc2)c1. The maximum atomic E-state index is 12.1. The van der Waals surface area contributed by atoms with Crippen molar-refractivity contribution in [3.63, 3.8) is 0 Å². The fraction of sp³-hybridized carbons (Fsp3) is 0.158. The van der Waals surface area contributed by atoms with E-state index in [1.807, 2.05) is 24.3 Å². The topological polar surface area (TPSA) is 90.1 Å². The average Bonchev–Trinajstić information content (AvgIpc) is 3.08. The molecule has 0 saturated carbocycles. The Labute approximate surface area is 160 Å². The van der Waals surface area contributed by atoms with Gasteiger partial charge in [0, 0.05) is 15.5 Å². The molecular weight excluding hydrogens is 364 g/mol. The number of hydrogen-bond acceptors (Lipinski definition) is 5. The molecule has 0 aliphatic carbocycles. The lowest BCUT2D eigenvalue weighted by Crippen LogP contribution is -2.18. The van der Waals surface area contributed by atoms with E-state index in [0.29, 0.717) is 5.69 Å². The van der Waals surface area contributed by atoms with Crippen LogP contribution in [0.4, 0.5) is 11.4 Å². The molecule has 0 aliphatic heterocycles. The van der Waals surface area contributed by atoms with Crippen LogP contribution in [0.5, 0.6) is 0 Å². The minimum atomic E-state index is -0.548. The highest BCUT2D eigenvalue weighted by Crippen LogP contribution is 2.31. The number of amides is 1. The molecule has 1 aromatic heterocycles. The maximum Gasteiger partial charge on any atom is 0.307 e. The quantitative estimate of drug-likeness (QED) is 0.510. The summed E-state index contributed by atoms with van der Waals surface area (Å²) in [6, 6.07) is 13.9. The van der Waals surface area contributed by atoms with Gasteiger partial charge in [0.1, 0.15) is 18.9 Å². The predicted octanol–water partition coefficient (Wildman–Crippen LogP) is 4.20. The molecule has 1 heterocycles. The Bertz CT molecular complexity index is 983. The van der Waals surface area contributed by atoms with Crippen molar-refractivity contribution in [3.05, 3.63) is 76.1 Å². The summed E-state index contributed by atoms with van der Waals surface area (Å²) >= 11 is 1.67. The Kier molecular flexibility index (Phi) is 5.56. The smallest absolute Gasteiger partial charge is 0.307 e. The third kappa shape index (κ3) is 4.95. The summed E-state index contributed by atoms with van der Waals surface area (Å²) in [5.41, 5.74) is 2.95. The first kappa shape index (κ1) is 18.7. The second kappa shape index (κ2) is 8.05. The molecular formula is C19H18N4O3S. The van der Waals surface area contributed by atoms with Crippen LogP contribution < -0.4 is 5.32 Å². The predicted molar refractivity (Wildman–Crippen MR) is 104 cm³/mol. The van der Waals surface area contributed by atoms with Gasteiger partial charge < -0.3 is 5.32 Å². The number of carbonyl (C=O) groups is 1. The van der Waals surface area contributed by atoms with Gasteiger partial charge in [-0.1, -0.05) is 23.9 Å². The zero-order chi connectivity index (χ0) is 19.4. The van der Waals surface area contributed by atoms with Crippen molar-refractivity contribution < 1.29 is 9.72 Å². The first-order chi connectivity index (χ1) is 12.9. The lowest BCUT2D eigenvalue weighted by atomic mass is 10.2. The Morgan fingerprint density at radius 1 is 1.22 bits per heavy atom. The van der Waals surface area contributed by atoms with Crippen LogP contribution in [-0.2, 0) is 11.3 Å². The number of anilines is 1. The van der Waals surface area contributed by atoms with E-state index in [4.69, 9.17) is 0 Å². The van der Waals surface area contributed by atoms with Crippen LogP contribution >= 0.6 is 11.8 Å². The van der Waals surface area contributed by atoms with Gasteiger partial charge in [-0.15, -0.1) is 0 Å². The molecule has 1 amide bonds. The molecule has 3 rings (SSSR count). The van der Waals surface area contributed by atoms with Crippen molar-refractivity contribution in [2.45, 2.75) is 30.2 Å². The number of benzene rings is 2. The molecule has 8 heteroatoms. The fourth-order valence-corrected chi connectivity index (χ4v) is 3.43. The van der Waals surface area contributed by atoms with Gasteiger partial charge >= 0.3 is 5.69 Å². The highest BCUT2D eigenvalue weighted by molar-refractivity contribution is 7.99. The molecule has 2 aromatic carbocycles. The first-order valence-electron chi connectivity index (χ1n) is 8.22. The average molecular weight is 382 g/mol. The van der Waals surface area contributed by atoms with Gasteiger partial charge in [-0.25, -0.2) is 0 Å². The highest BCUT2D eigenvalue weighted by atomic mass is 32.2. The summed E-state index contributed by atoms with van der Waals surface area (Å²) in [7, 11) is 0. The van der Waals surface area contributed by atoms with E-state index in [2.05, 4.69) is 42.5 Å². The molecule has 0 saturated heterocycles. The van der Waals surface area contributed by atoms with Gasteiger partial charge in [-0.05, 0) is 55.3 Å². The number of hydrogen-bond donors (Lipinski definition) is 1. The fourth-order valence-electron chi connectivity index (χ4n) is 2.43. The van der Waals surface area contributed by atoms with Gasteiger partial charge in [-0.2, -0.15) is 5.10 Å². The van der Waals surface area contributed by atoms with Crippen LogP contribution in [0, 0.1) is 24.0 Å². The standard InChI is InChI=1S/C19H18N4O3S/c1-13-3-4-14(2)18(9-13)27-17-7-5-15(6-8-17)21-19(24)12-22-11-16(10-20-22)23(25)26/h3-11H,12H2,1-2H3,(H,21,24). The minimum Gasteiger partial charge on any atom is -0.324 e. The molecule has 0 atom stereocenters. The Balaban J connectivity index is 1.60. The number of rotatable bonds is 6. The largest absolute Gasteiger partial charge is 0.324 e. The van der Waals surface area contributed by atoms with Crippen molar-refractivity contribution in [1.82, 2.24) is 9.78 Å². The van der Waals surface area contributed by atoms with Crippen LogP contribution in [0.2, 0.25) is 0 Å². The van der Waals surface area contributed by atoms with Gasteiger partial charge in [0.05, 0.1) is 4.92 Å². The monoisotopic (exact) mass is 382 g/mol. The zero-order valence-electron chi connectivity index (χ0n) is 14.9. The van der Waals surface area contributed by atoms with Gasteiger partial charge in [-0.3, -0.25) is 19.6 Å². The van der Waals surface area contributed by atoms with E-state index in [1.165, 1.54) is 26.9 Å². The number of nitro groups is 1. The van der Waals surface area contributed by atoms with Crippen LogP contribution in [0.25, 0.3) is 0 Å². The zero-order valence-corrected chi connectivity index (χ0v) is 15.7. The number of carbonyl (C=O) groups excluding carboxylic acids is 1. The van der Waals surface area contributed by atoms with E-state index in [9.17, 15) is 14.9 Å². The molecule has 1 N–H and O–H groups in total. The molecule has 0 radical (unpaired) electrons. The van der Waals surface area contributed by atoms with E-state index in [1.54, 1.807) is 11.8 Å². The van der Waals surface area contributed by atoms with E-state index < -0.39 is 4.92 Å². The lowest BCUT2D eigenvalue weighted by Gasteiger charge is -2.09. The molecule has 0 fully saturated rings. The van der Waals surface area contributed by atoms with E-state index >= 15 is 0 Å². The van der Waals surface area contributed by atoms with Crippen LogP contribution in [0.15, 0.2) is 64.6 Å². The third-order valence-electron chi connectivity index (χ3n) is 3.85. The van der Waals surface area contributed by atoms with Crippen LogP contribution in [0.3, 0.4) is 0 Å². The molecule has 138 valence electrons. The number of aryl methyl sites for hydroxylation is 2. The van der Waals surface area contributed by atoms with Gasteiger partial charge in [0.25, 0.3) is 0 Å². The molecule has 27 heavy (non-hydrogen) atoms. The van der Waals surface area contributed by atoms with Gasteiger partial charge in [0.15, 0.2) is 0 Å². The summed E-state index contributed by atoms with van der Waals surface area (Å²) in [6.07, 6.45) is 2.34. The molecule has 7 nitrogen and oxygen atoms in total. The number of aromatic nitrogens is 2. The van der Waals surface area contributed by atoms with Gasteiger partial charge in [0.2, 0.25) is 5.91 Å². The Hall–Kier alpha value is -3.13. The van der Waals surface area contributed by atoms with Crippen molar-refractivity contribution in [2.75, 3.05) is 5.32 Å². The molecule has 3 aromatic rings. The minimum absolute atomic E-state index is 0.0904. The number of nitrogens with one attached hydrogen (secondary N) is 1. The molecule has 0 bridgehead atoms. The first-order valence-corrected chi connectivity index (χ1v) is 9.04. The summed E-state index contributed by atoms with van der Waals surface area (Å²) in [6.45, 7) is 4.05. The number of nitrogens with zero attached hydrogens (tertiary/aromatic N) is 3. The van der Waals surface area contributed by atoms with E-state index in [-0.39, 0.29) is 18.1 Å². The van der Waals surface area contributed by atoms with Crippen molar-refractivity contribution in [1.29, 1.82) is 0 Å². The molecule has 0 aliphatic rings. The normalized spacial score (nSPS) is 10.6. The van der Waals surface area contributed by atoms with Crippen molar-refractivity contribution >= 4 is 29.0 Å². The Morgan fingerprint density at radius 3 is 2.63 bits per heavy atom. The van der Waals surface area contributed by atoms with Crippen molar-refractivity contribution in [3.8, 4) is 0 Å². The Morgan fingerprint density at radius 2 is 1.96 bits per heavy atom. The lowest BCUT2D eigenvalue weighted by molar-refractivity contribution is -0.385. The van der Waals surface area contributed by atoms with E-state index in [0.717, 1.165) is 11.1 Å². The maximum absolute atomic E-state index is 12.1. The highest BCUT2D eigenvalue weighted by Gasteiger charge is 2.11.